The summed E-state index contributed by atoms with van der Waals surface area (Å²) in [6.07, 6.45) is -1.33. The van der Waals surface area contributed by atoms with Gasteiger partial charge in [0.2, 0.25) is 0 Å². The summed E-state index contributed by atoms with van der Waals surface area (Å²) < 4.78 is 53.9. The Bertz CT molecular complexity index is 1450. The van der Waals surface area contributed by atoms with Gasteiger partial charge in [-0.1, -0.05) is 35.1 Å². The molecule has 1 aromatic heterocycles. The van der Waals surface area contributed by atoms with E-state index >= 15 is 0 Å². The Kier molecular flexibility index (Phi) is 7.08. The van der Waals surface area contributed by atoms with Crippen LogP contribution in [-0.2, 0) is 12.7 Å². The summed E-state index contributed by atoms with van der Waals surface area (Å²) in [7, 11) is 0. The number of halogens is 5. The number of hydrogen-bond donors (Lipinski definition) is 0. The second-order valence-corrected chi connectivity index (χ2v) is 11.3. The molecule has 3 heterocycles. The summed E-state index contributed by atoms with van der Waals surface area (Å²) in [6, 6.07) is 6.10. The molecule has 2 fully saturated rings. The van der Waals surface area contributed by atoms with Crippen molar-refractivity contribution in [1.29, 1.82) is 0 Å². The zero-order valence-corrected chi connectivity index (χ0v) is 21.6. The van der Waals surface area contributed by atoms with Crippen molar-refractivity contribution >= 4 is 43.8 Å². The van der Waals surface area contributed by atoms with Gasteiger partial charge in [-0.25, -0.2) is 4.39 Å². The third kappa shape index (κ3) is 5.21. The lowest BCUT2D eigenvalue weighted by molar-refractivity contribution is -0.383. The molecule has 0 atom stereocenters. The van der Waals surface area contributed by atoms with Gasteiger partial charge >= 0.3 is 6.18 Å². The van der Waals surface area contributed by atoms with Crippen LogP contribution in [0.4, 0.5) is 28.4 Å². The predicted octanol–water partition coefficient (Wildman–Crippen LogP) is 6.26. The standard InChI is InChI=1S/C25H23ClF4N4O3S/c26-18-3-1-2-15(20(18)27)14-32-8-4-24(5-9-32)6-10-33(11-7-24)23-31-22(35)17-12-16(25(28,29)30)13-19(34(36)37)21(17)38-23/h1-3,12-13H,4-11,14H2. The van der Waals surface area contributed by atoms with Crippen LogP contribution >= 0.6 is 22.9 Å². The Morgan fingerprint density at radius 3 is 2.39 bits per heavy atom. The molecule has 2 aliphatic heterocycles. The smallest absolute Gasteiger partial charge is 0.348 e. The van der Waals surface area contributed by atoms with E-state index < -0.39 is 33.3 Å². The lowest BCUT2D eigenvalue weighted by Gasteiger charge is -2.47. The number of likely N-dealkylation sites (tertiary alicyclic amines) is 1. The zero-order valence-electron chi connectivity index (χ0n) is 20.1. The normalized spacial score (nSPS) is 18.3. The van der Waals surface area contributed by atoms with Crippen LogP contribution in [-0.4, -0.2) is 41.0 Å². The highest BCUT2D eigenvalue weighted by Crippen LogP contribution is 2.44. The predicted molar refractivity (Wildman–Crippen MR) is 137 cm³/mol. The summed E-state index contributed by atoms with van der Waals surface area (Å²) >= 11 is 6.78. The van der Waals surface area contributed by atoms with Gasteiger partial charge in [0.25, 0.3) is 11.2 Å². The van der Waals surface area contributed by atoms with Crippen LogP contribution in [0.3, 0.4) is 0 Å². The summed E-state index contributed by atoms with van der Waals surface area (Å²) in [4.78, 5) is 31.4. The van der Waals surface area contributed by atoms with Crippen molar-refractivity contribution in [1.82, 2.24) is 9.88 Å². The average Bonchev–Trinajstić information content (AvgIpc) is 2.87. The number of fused-ring (bicyclic) bond motifs is 1. The van der Waals surface area contributed by atoms with Gasteiger partial charge in [-0.2, -0.15) is 18.2 Å². The summed E-state index contributed by atoms with van der Waals surface area (Å²) in [5, 5.41) is 11.5. The van der Waals surface area contributed by atoms with Crippen molar-refractivity contribution in [3.8, 4) is 0 Å². The highest BCUT2D eigenvalue weighted by molar-refractivity contribution is 7.22. The lowest BCUT2D eigenvalue weighted by atomic mass is 9.71. The largest absolute Gasteiger partial charge is 0.416 e. The molecule has 2 saturated heterocycles. The van der Waals surface area contributed by atoms with Gasteiger partial charge in [0.15, 0.2) is 5.13 Å². The van der Waals surface area contributed by atoms with Gasteiger partial charge in [0, 0.05) is 31.3 Å². The average molecular weight is 571 g/mol. The molecule has 13 heteroatoms. The number of rotatable bonds is 4. The van der Waals surface area contributed by atoms with E-state index in [1.54, 1.807) is 12.1 Å². The Morgan fingerprint density at radius 2 is 1.76 bits per heavy atom. The van der Waals surface area contributed by atoms with Crippen LogP contribution < -0.4 is 10.5 Å². The molecule has 7 nitrogen and oxygen atoms in total. The van der Waals surface area contributed by atoms with Gasteiger partial charge < -0.3 is 4.90 Å². The van der Waals surface area contributed by atoms with Crippen molar-refractivity contribution in [3.05, 3.63) is 72.8 Å². The zero-order chi connectivity index (χ0) is 27.2. The number of alkyl halides is 3. The highest BCUT2D eigenvalue weighted by atomic mass is 35.5. The van der Waals surface area contributed by atoms with Crippen LogP contribution in [0.2, 0.25) is 5.02 Å². The van der Waals surface area contributed by atoms with Crippen molar-refractivity contribution in [2.24, 2.45) is 5.41 Å². The second kappa shape index (κ2) is 10.0. The van der Waals surface area contributed by atoms with Crippen LogP contribution in [0.5, 0.6) is 0 Å². The van der Waals surface area contributed by atoms with Gasteiger partial charge in [0.1, 0.15) is 10.5 Å². The van der Waals surface area contributed by atoms with E-state index in [4.69, 9.17) is 11.6 Å². The van der Waals surface area contributed by atoms with Crippen molar-refractivity contribution in [2.75, 3.05) is 31.1 Å². The number of benzene rings is 2. The quantitative estimate of drug-likeness (QED) is 0.209. The number of nitrogens with zero attached hydrogens (tertiary/aromatic N) is 4. The van der Waals surface area contributed by atoms with E-state index in [2.05, 4.69) is 9.88 Å². The molecule has 0 radical (unpaired) electrons. The maximum atomic E-state index is 14.3. The minimum atomic E-state index is -4.83. The van der Waals surface area contributed by atoms with Crippen LogP contribution in [0.1, 0.15) is 36.8 Å². The molecular weight excluding hydrogens is 548 g/mol. The summed E-state index contributed by atoms with van der Waals surface area (Å²) in [6.45, 7) is 3.25. The first-order chi connectivity index (χ1) is 18.0. The minimum Gasteiger partial charge on any atom is -0.348 e. The molecule has 202 valence electrons. The van der Waals surface area contributed by atoms with Gasteiger partial charge in [-0.05, 0) is 56.3 Å². The molecule has 3 aromatic rings. The molecule has 2 aromatic carbocycles. The molecule has 0 unspecified atom stereocenters. The first-order valence-corrected chi connectivity index (χ1v) is 13.3. The monoisotopic (exact) mass is 570 g/mol. The van der Waals surface area contributed by atoms with Gasteiger partial charge in [0.05, 0.1) is 20.9 Å². The van der Waals surface area contributed by atoms with Crippen molar-refractivity contribution in [2.45, 2.75) is 38.4 Å². The van der Waals surface area contributed by atoms with Crippen molar-refractivity contribution in [3.63, 3.8) is 0 Å². The van der Waals surface area contributed by atoms with E-state index in [0.717, 1.165) is 50.1 Å². The van der Waals surface area contributed by atoms with Gasteiger partial charge in [-0.3, -0.25) is 19.8 Å². The topological polar surface area (TPSA) is 79.6 Å². The highest BCUT2D eigenvalue weighted by Gasteiger charge is 2.39. The van der Waals surface area contributed by atoms with E-state index in [9.17, 15) is 32.5 Å². The van der Waals surface area contributed by atoms with E-state index in [-0.39, 0.29) is 26.1 Å². The number of aromatic nitrogens is 1. The number of non-ortho nitro benzene ring substituents is 1. The molecule has 0 amide bonds. The van der Waals surface area contributed by atoms with E-state index in [1.165, 1.54) is 6.07 Å². The number of piperidine rings is 2. The third-order valence-corrected chi connectivity index (χ3v) is 9.11. The van der Waals surface area contributed by atoms with E-state index in [1.807, 2.05) is 4.90 Å². The molecule has 5 rings (SSSR count). The first kappa shape index (κ1) is 26.8. The molecule has 38 heavy (non-hydrogen) atoms. The fraction of sp³-hybridized carbons (Fsp3) is 0.440. The molecular formula is C25H23ClF4N4O3S. The summed E-state index contributed by atoms with van der Waals surface area (Å²) in [5.74, 6) is -0.389. The molecule has 2 aliphatic rings. The number of nitro benzene ring substituents is 1. The SMILES string of the molecule is O=c1nc(N2CCC3(CCN(Cc4cccc(Cl)c4F)CC3)CC2)sc2c([N+](=O)[O-])cc(C(F)(F)F)cc12. The second-order valence-electron chi connectivity index (χ2n) is 9.90. The maximum absolute atomic E-state index is 14.3. The Hall–Kier alpha value is -2.83. The van der Waals surface area contributed by atoms with Crippen LogP contribution in [0.25, 0.3) is 10.1 Å². The van der Waals surface area contributed by atoms with E-state index in [0.29, 0.717) is 37.3 Å². The maximum Gasteiger partial charge on any atom is 0.416 e. The molecule has 0 aliphatic carbocycles. The number of anilines is 1. The Morgan fingerprint density at radius 1 is 1.11 bits per heavy atom. The molecule has 0 saturated carbocycles. The summed E-state index contributed by atoms with van der Waals surface area (Å²) in [5.41, 5.74) is -2.26. The van der Waals surface area contributed by atoms with Crippen LogP contribution in [0, 0.1) is 21.3 Å². The fourth-order valence-corrected chi connectivity index (χ4v) is 6.66. The first-order valence-electron chi connectivity index (χ1n) is 12.1. The Labute approximate surface area is 223 Å². The molecule has 0 N–H and O–H groups in total. The van der Waals surface area contributed by atoms with Crippen LogP contribution in [0.15, 0.2) is 35.1 Å². The van der Waals surface area contributed by atoms with Gasteiger partial charge in [-0.15, -0.1) is 0 Å². The minimum absolute atomic E-state index is 0.0926. The third-order valence-electron chi connectivity index (χ3n) is 7.65. The molecule has 0 bridgehead atoms. The number of hydrogen-bond acceptors (Lipinski definition) is 7. The number of nitro groups is 1. The van der Waals surface area contributed by atoms with Crippen molar-refractivity contribution < 1.29 is 22.5 Å². The molecule has 1 spiro atoms. The fourth-order valence-electron chi connectivity index (χ4n) is 5.34. The Balaban J connectivity index is 1.29. The lowest BCUT2D eigenvalue weighted by Crippen LogP contribution is -2.47.